The second kappa shape index (κ2) is 7.42. The minimum atomic E-state index is 0.0673. The van der Waals surface area contributed by atoms with E-state index < -0.39 is 0 Å². The number of anilines is 1. The maximum atomic E-state index is 6.46. The van der Waals surface area contributed by atoms with Gasteiger partial charge in [-0.2, -0.15) is 0 Å². The Hall–Kier alpha value is -1.22. The summed E-state index contributed by atoms with van der Waals surface area (Å²) in [5.41, 5.74) is 3.34. The van der Waals surface area contributed by atoms with E-state index in [0.29, 0.717) is 16.6 Å². The number of amidine groups is 1. The Morgan fingerprint density at radius 3 is 2.54 bits per heavy atom. The molecule has 1 spiro atoms. The van der Waals surface area contributed by atoms with E-state index in [1.54, 1.807) is 6.07 Å². The van der Waals surface area contributed by atoms with Crippen molar-refractivity contribution in [2.45, 2.75) is 45.1 Å². The van der Waals surface area contributed by atoms with Gasteiger partial charge in [-0.05, 0) is 54.7 Å². The van der Waals surface area contributed by atoms with Crippen LogP contribution in [0.15, 0.2) is 41.4 Å². The normalized spacial score (nSPS) is 20.0. The Labute approximate surface area is 169 Å². The van der Waals surface area contributed by atoms with Crippen molar-refractivity contribution in [2.24, 2.45) is 10.4 Å². The van der Waals surface area contributed by atoms with Crippen molar-refractivity contribution in [3.05, 3.63) is 62.6 Å². The van der Waals surface area contributed by atoms with Crippen LogP contribution < -0.4 is 5.32 Å². The number of hydrogen-bond donors (Lipinski definition) is 1. The fraction of sp³-hybridized carbons (Fsp3) is 0.381. The van der Waals surface area contributed by atoms with E-state index in [0.717, 1.165) is 41.4 Å². The maximum Gasteiger partial charge on any atom is 0.108 e. The summed E-state index contributed by atoms with van der Waals surface area (Å²) in [6.07, 6.45) is 7.02. The summed E-state index contributed by atoms with van der Waals surface area (Å²) in [6, 6.07) is 11.7. The Morgan fingerprint density at radius 1 is 0.962 bits per heavy atom. The van der Waals surface area contributed by atoms with Crippen LogP contribution in [0, 0.1) is 5.41 Å². The van der Waals surface area contributed by atoms with Crippen molar-refractivity contribution in [1.82, 2.24) is 0 Å². The highest BCUT2D eigenvalue weighted by Crippen LogP contribution is 2.47. The zero-order chi connectivity index (χ0) is 18.1. The number of rotatable bonds is 2. The number of aliphatic imine (C=N–C) groups is 1. The molecule has 0 aromatic heterocycles. The summed E-state index contributed by atoms with van der Waals surface area (Å²) in [7, 11) is 0. The number of benzene rings is 2. The summed E-state index contributed by atoms with van der Waals surface area (Å²) in [6.45, 7) is 0.616. The molecule has 1 aliphatic heterocycles. The van der Waals surface area contributed by atoms with E-state index in [9.17, 15) is 0 Å². The summed E-state index contributed by atoms with van der Waals surface area (Å²) in [5, 5.41) is 5.67. The van der Waals surface area contributed by atoms with E-state index in [4.69, 9.17) is 39.8 Å². The van der Waals surface area contributed by atoms with Gasteiger partial charge in [0.05, 0.1) is 17.3 Å². The smallest absolute Gasteiger partial charge is 0.108 e. The average molecular weight is 408 g/mol. The molecule has 0 bridgehead atoms. The first kappa shape index (κ1) is 18.2. The van der Waals surface area contributed by atoms with Gasteiger partial charge in [0.15, 0.2) is 0 Å². The van der Waals surface area contributed by atoms with Gasteiger partial charge in [0.1, 0.15) is 5.84 Å². The van der Waals surface area contributed by atoms with Gasteiger partial charge in [0, 0.05) is 15.5 Å². The molecular weight excluding hydrogens is 387 g/mol. The van der Waals surface area contributed by atoms with Crippen molar-refractivity contribution in [3.63, 3.8) is 0 Å². The molecule has 2 aliphatic rings. The first-order valence-corrected chi connectivity index (χ1v) is 10.2. The first-order chi connectivity index (χ1) is 12.6. The molecular formula is C21H21Cl3N2. The zero-order valence-electron chi connectivity index (χ0n) is 14.5. The van der Waals surface area contributed by atoms with Crippen LogP contribution in [0.25, 0.3) is 0 Å². The molecule has 2 nitrogen and oxygen atoms in total. The van der Waals surface area contributed by atoms with Crippen molar-refractivity contribution in [2.75, 3.05) is 5.32 Å². The second-order valence-electron chi connectivity index (χ2n) is 7.36. The molecule has 26 heavy (non-hydrogen) atoms. The van der Waals surface area contributed by atoms with Gasteiger partial charge in [0.2, 0.25) is 0 Å². The van der Waals surface area contributed by atoms with Crippen LogP contribution >= 0.6 is 34.8 Å². The highest BCUT2D eigenvalue weighted by atomic mass is 35.5. The molecule has 1 fully saturated rings. The Kier molecular flexibility index (Phi) is 5.18. The van der Waals surface area contributed by atoms with Crippen LogP contribution in [-0.2, 0) is 13.0 Å². The minimum absolute atomic E-state index is 0.0673. The molecule has 1 heterocycles. The molecule has 4 rings (SSSR count). The van der Waals surface area contributed by atoms with Gasteiger partial charge in [-0.15, -0.1) is 0 Å². The van der Waals surface area contributed by atoms with Gasteiger partial charge < -0.3 is 5.32 Å². The van der Waals surface area contributed by atoms with Gasteiger partial charge in [-0.25, -0.2) is 0 Å². The van der Waals surface area contributed by atoms with Crippen molar-refractivity contribution < 1.29 is 0 Å². The lowest BCUT2D eigenvalue weighted by Gasteiger charge is -2.43. The van der Waals surface area contributed by atoms with Gasteiger partial charge >= 0.3 is 0 Å². The van der Waals surface area contributed by atoms with Crippen LogP contribution in [0.4, 0.5) is 5.69 Å². The van der Waals surface area contributed by atoms with Crippen LogP contribution in [0.2, 0.25) is 15.1 Å². The van der Waals surface area contributed by atoms with E-state index in [1.807, 2.05) is 24.3 Å². The topological polar surface area (TPSA) is 24.4 Å². The van der Waals surface area contributed by atoms with Crippen molar-refractivity contribution >= 4 is 46.3 Å². The monoisotopic (exact) mass is 406 g/mol. The van der Waals surface area contributed by atoms with Crippen molar-refractivity contribution in [1.29, 1.82) is 0 Å². The van der Waals surface area contributed by atoms with Crippen LogP contribution in [0.5, 0.6) is 0 Å². The molecule has 0 saturated heterocycles. The van der Waals surface area contributed by atoms with Gasteiger partial charge in [0.25, 0.3) is 0 Å². The SMILES string of the molecule is Clc1cccc(CN=C2Nc3c(Cl)cc(Cl)cc3CC23CCCCC3)c1. The molecule has 1 saturated carbocycles. The van der Waals surface area contributed by atoms with Gasteiger partial charge in [-0.1, -0.05) is 66.2 Å². The molecule has 0 unspecified atom stereocenters. The van der Waals surface area contributed by atoms with Crippen LogP contribution in [-0.4, -0.2) is 5.84 Å². The highest BCUT2D eigenvalue weighted by molar-refractivity contribution is 6.37. The molecule has 2 aromatic carbocycles. The zero-order valence-corrected chi connectivity index (χ0v) is 16.8. The van der Waals surface area contributed by atoms with E-state index >= 15 is 0 Å². The summed E-state index contributed by atoms with van der Waals surface area (Å²) in [5.74, 6) is 1.06. The molecule has 5 heteroatoms. The third kappa shape index (κ3) is 3.60. The Balaban J connectivity index is 1.71. The number of fused-ring (bicyclic) bond motifs is 1. The van der Waals surface area contributed by atoms with Crippen LogP contribution in [0.1, 0.15) is 43.2 Å². The maximum absolute atomic E-state index is 6.46. The van der Waals surface area contributed by atoms with E-state index in [-0.39, 0.29) is 5.41 Å². The molecule has 0 radical (unpaired) electrons. The number of nitrogens with zero attached hydrogens (tertiary/aromatic N) is 1. The standard InChI is InChI=1S/C21H21Cl3N2/c22-16-6-4-5-14(9-16)13-25-20-21(7-2-1-3-8-21)12-15-10-17(23)11-18(24)19(15)26-20/h4-6,9-11H,1-3,7-8,12-13H2,(H,25,26). The average Bonchev–Trinajstić information content (AvgIpc) is 2.61. The lowest BCUT2D eigenvalue weighted by atomic mass is 9.67. The number of hydrogen-bond acceptors (Lipinski definition) is 1. The summed E-state index contributed by atoms with van der Waals surface area (Å²) < 4.78 is 0. The first-order valence-electron chi connectivity index (χ1n) is 9.10. The summed E-state index contributed by atoms with van der Waals surface area (Å²) in [4.78, 5) is 4.99. The predicted octanol–water partition coefficient (Wildman–Crippen LogP) is 7.16. The molecule has 1 aliphatic carbocycles. The third-order valence-electron chi connectivity index (χ3n) is 5.53. The largest absolute Gasteiger partial charge is 0.342 e. The predicted molar refractivity (Wildman–Crippen MR) is 112 cm³/mol. The van der Waals surface area contributed by atoms with Gasteiger partial charge in [-0.3, -0.25) is 4.99 Å². The molecule has 0 atom stereocenters. The number of halogens is 3. The fourth-order valence-electron chi connectivity index (χ4n) is 4.26. The molecule has 1 N–H and O–H groups in total. The molecule has 2 aromatic rings. The second-order valence-corrected chi connectivity index (χ2v) is 8.64. The summed E-state index contributed by atoms with van der Waals surface area (Å²) >= 11 is 18.8. The molecule has 0 amide bonds. The number of nitrogens with one attached hydrogen (secondary N) is 1. The van der Waals surface area contributed by atoms with E-state index in [1.165, 1.54) is 24.8 Å². The Morgan fingerprint density at radius 2 is 1.77 bits per heavy atom. The van der Waals surface area contributed by atoms with Crippen LogP contribution in [0.3, 0.4) is 0 Å². The van der Waals surface area contributed by atoms with E-state index in [2.05, 4.69) is 11.4 Å². The lowest BCUT2D eigenvalue weighted by Crippen LogP contribution is -2.43. The highest BCUT2D eigenvalue weighted by Gasteiger charge is 2.41. The Bertz CT molecular complexity index is 854. The minimum Gasteiger partial charge on any atom is -0.342 e. The third-order valence-corrected chi connectivity index (χ3v) is 6.28. The lowest BCUT2D eigenvalue weighted by molar-refractivity contribution is 0.278. The fourth-order valence-corrected chi connectivity index (χ4v) is 5.06. The van der Waals surface area contributed by atoms with Crippen molar-refractivity contribution in [3.8, 4) is 0 Å². The quantitative estimate of drug-likeness (QED) is 0.561. The molecule has 136 valence electrons.